The van der Waals surface area contributed by atoms with Crippen molar-refractivity contribution in [3.63, 3.8) is 0 Å². The molecule has 0 aromatic heterocycles. The molecule has 2 aromatic rings. The number of benzene rings is 2. The Morgan fingerprint density at radius 3 is 2.42 bits per heavy atom. The molecule has 3 rings (SSSR count). The van der Waals surface area contributed by atoms with Gasteiger partial charge in [-0.1, -0.05) is 54.8 Å². The third kappa shape index (κ3) is 6.14. The second-order valence-corrected chi connectivity index (χ2v) is 8.13. The maximum absolute atomic E-state index is 13.2. The summed E-state index contributed by atoms with van der Waals surface area (Å²) in [6, 6.07) is 14.0. The Kier molecular flexibility index (Phi) is 8.18. The van der Waals surface area contributed by atoms with Crippen LogP contribution in [0.4, 0.5) is 0 Å². The van der Waals surface area contributed by atoms with E-state index < -0.39 is 6.04 Å². The van der Waals surface area contributed by atoms with E-state index in [1.54, 1.807) is 32.2 Å². The van der Waals surface area contributed by atoms with Crippen LogP contribution in [0.1, 0.15) is 38.2 Å². The van der Waals surface area contributed by atoms with E-state index in [4.69, 9.17) is 21.1 Å². The van der Waals surface area contributed by atoms with Gasteiger partial charge in [-0.2, -0.15) is 0 Å². The summed E-state index contributed by atoms with van der Waals surface area (Å²) < 4.78 is 11.0. The van der Waals surface area contributed by atoms with Crippen molar-refractivity contribution in [1.29, 1.82) is 0 Å². The molecular weight excluding hydrogens is 416 g/mol. The van der Waals surface area contributed by atoms with Crippen molar-refractivity contribution < 1.29 is 19.1 Å². The largest absolute Gasteiger partial charge is 0.493 e. The molecule has 1 atom stereocenters. The van der Waals surface area contributed by atoms with E-state index in [2.05, 4.69) is 5.32 Å². The Labute approximate surface area is 188 Å². The average molecular weight is 445 g/mol. The van der Waals surface area contributed by atoms with Gasteiger partial charge in [-0.25, -0.2) is 0 Å². The van der Waals surface area contributed by atoms with E-state index >= 15 is 0 Å². The van der Waals surface area contributed by atoms with Gasteiger partial charge in [0.1, 0.15) is 6.04 Å². The number of nitrogens with one attached hydrogen (secondary N) is 1. The Morgan fingerprint density at radius 2 is 1.74 bits per heavy atom. The lowest BCUT2D eigenvalue weighted by molar-refractivity contribution is -0.142. The van der Waals surface area contributed by atoms with Gasteiger partial charge in [-0.05, 0) is 43.5 Å². The van der Waals surface area contributed by atoms with Crippen LogP contribution in [-0.4, -0.2) is 42.5 Å². The van der Waals surface area contributed by atoms with Gasteiger partial charge in [0.2, 0.25) is 5.91 Å². The van der Waals surface area contributed by atoms with Crippen molar-refractivity contribution in [3.05, 3.63) is 59.1 Å². The quantitative estimate of drug-likeness (QED) is 0.629. The fourth-order valence-electron chi connectivity index (χ4n) is 3.75. The lowest BCUT2D eigenvalue weighted by atomic mass is 10.1. The third-order valence-electron chi connectivity index (χ3n) is 5.59. The Hall–Kier alpha value is -2.73. The number of hydrogen-bond acceptors (Lipinski definition) is 4. The van der Waals surface area contributed by atoms with Gasteiger partial charge in [-0.15, -0.1) is 0 Å². The molecule has 0 bridgehead atoms. The predicted octanol–water partition coefficient (Wildman–Crippen LogP) is 4.20. The fraction of sp³-hybridized carbons (Fsp3) is 0.417. The number of hydrogen-bond donors (Lipinski definition) is 1. The summed E-state index contributed by atoms with van der Waals surface area (Å²) in [6.45, 7) is 1.74. The van der Waals surface area contributed by atoms with Crippen molar-refractivity contribution in [2.75, 3.05) is 13.7 Å². The molecule has 1 N–H and O–H groups in total. The van der Waals surface area contributed by atoms with E-state index in [0.717, 1.165) is 31.2 Å². The molecule has 0 radical (unpaired) electrons. The average Bonchev–Trinajstić information content (AvgIpc) is 3.29. The second-order valence-electron chi connectivity index (χ2n) is 7.72. The zero-order valence-electron chi connectivity index (χ0n) is 18.0. The van der Waals surface area contributed by atoms with Crippen LogP contribution in [0.15, 0.2) is 48.5 Å². The third-order valence-corrected chi connectivity index (χ3v) is 5.96. The molecule has 1 aliphatic carbocycles. The number of ether oxygens (including phenoxy) is 2. The van der Waals surface area contributed by atoms with Crippen LogP contribution >= 0.6 is 11.6 Å². The second kappa shape index (κ2) is 11.0. The van der Waals surface area contributed by atoms with E-state index in [1.807, 2.05) is 30.3 Å². The van der Waals surface area contributed by atoms with Crippen molar-refractivity contribution in [1.82, 2.24) is 10.2 Å². The molecule has 2 amide bonds. The van der Waals surface area contributed by atoms with Gasteiger partial charge in [0.15, 0.2) is 18.1 Å². The molecule has 2 aromatic carbocycles. The van der Waals surface area contributed by atoms with Gasteiger partial charge in [-0.3, -0.25) is 9.59 Å². The van der Waals surface area contributed by atoms with Gasteiger partial charge >= 0.3 is 0 Å². The maximum Gasteiger partial charge on any atom is 0.261 e. The molecule has 6 nitrogen and oxygen atoms in total. The van der Waals surface area contributed by atoms with Gasteiger partial charge in [0.05, 0.1) is 7.11 Å². The number of para-hydroxylation sites is 2. The first-order chi connectivity index (χ1) is 15.0. The normalized spacial score (nSPS) is 14.7. The smallest absolute Gasteiger partial charge is 0.261 e. The first kappa shape index (κ1) is 22.9. The summed E-state index contributed by atoms with van der Waals surface area (Å²) in [5.74, 6) is 0.545. The molecule has 0 unspecified atom stereocenters. The van der Waals surface area contributed by atoms with Crippen LogP contribution in [0.2, 0.25) is 5.02 Å². The summed E-state index contributed by atoms with van der Waals surface area (Å²) in [4.78, 5) is 27.6. The highest BCUT2D eigenvalue weighted by Gasteiger charge is 2.29. The molecule has 166 valence electrons. The minimum Gasteiger partial charge on any atom is -0.493 e. The first-order valence-corrected chi connectivity index (χ1v) is 11.0. The summed E-state index contributed by atoms with van der Waals surface area (Å²) >= 11 is 6.32. The number of nitrogens with zero attached hydrogens (tertiary/aromatic N) is 1. The Morgan fingerprint density at radius 1 is 1.10 bits per heavy atom. The molecule has 1 aliphatic rings. The Balaban J connectivity index is 1.74. The van der Waals surface area contributed by atoms with Crippen LogP contribution in [0.5, 0.6) is 11.5 Å². The molecule has 0 spiro atoms. The summed E-state index contributed by atoms with van der Waals surface area (Å²) in [5, 5.41) is 3.63. The lowest BCUT2D eigenvalue weighted by Crippen LogP contribution is -2.50. The van der Waals surface area contributed by atoms with Gasteiger partial charge in [0.25, 0.3) is 5.91 Å². The molecule has 31 heavy (non-hydrogen) atoms. The van der Waals surface area contributed by atoms with E-state index in [0.29, 0.717) is 16.5 Å². The SMILES string of the molecule is COc1ccccc1OCC(=O)N(Cc1ccccc1Cl)[C@H](C)C(=O)NC1CCCC1. The molecule has 7 heteroatoms. The van der Waals surface area contributed by atoms with Crippen LogP contribution in [-0.2, 0) is 16.1 Å². The highest BCUT2D eigenvalue weighted by molar-refractivity contribution is 6.31. The standard InChI is InChI=1S/C24H29ClN2O4/c1-17(24(29)26-19-10-4-5-11-19)27(15-18-9-3-6-12-20(18)25)23(28)16-31-22-14-8-7-13-21(22)30-2/h3,6-9,12-14,17,19H,4-5,10-11,15-16H2,1-2H3,(H,26,29)/t17-/m1/s1. The zero-order chi connectivity index (χ0) is 22.2. The fourth-order valence-corrected chi connectivity index (χ4v) is 3.94. The number of carbonyl (C=O) groups is 2. The highest BCUT2D eigenvalue weighted by Crippen LogP contribution is 2.26. The minimum atomic E-state index is -0.661. The number of rotatable bonds is 9. The molecule has 0 aliphatic heterocycles. The Bertz CT molecular complexity index is 899. The molecular formula is C24H29ClN2O4. The van der Waals surface area contributed by atoms with Crippen molar-refractivity contribution in [2.45, 2.75) is 51.2 Å². The van der Waals surface area contributed by atoms with E-state index in [1.165, 1.54) is 4.90 Å². The monoisotopic (exact) mass is 444 g/mol. The number of methoxy groups -OCH3 is 1. The highest BCUT2D eigenvalue weighted by atomic mass is 35.5. The van der Waals surface area contributed by atoms with Crippen LogP contribution < -0.4 is 14.8 Å². The predicted molar refractivity (Wildman–Crippen MR) is 120 cm³/mol. The maximum atomic E-state index is 13.2. The van der Waals surface area contributed by atoms with Crippen LogP contribution in [0.3, 0.4) is 0 Å². The van der Waals surface area contributed by atoms with Crippen molar-refractivity contribution >= 4 is 23.4 Å². The van der Waals surface area contributed by atoms with Gasteiger partial charge < -0.3 is 19.7 Å². The number of amides is 2. The van der Waals surface area contributed by atoms with E-state index in [-0.39, 0.29) is 31.0 Å². The summed E-state index contributed by atoms with van der Waals surface area (Å²) in [7, 11) is 1.54. The topological polar surface area (TPSA) is 67.9 Å². The molecule has 0 saturated heterocycles. The van der Waals surface area contributed by atoms with Gasteiger partial charge in [0, 0.05) is 17.6 Å². The summed E-state index contributed by atoms with van der Waals surface area (Å²) in [6.07, 6.45) is 4.20. The van der Waals surface area contributed by atoms with Crippen LogP contribution in [0.25, 0.3) is 0 Å². The number of carbonyl (C=O) groups excluding carboxylic acids is 2. The zero-order valence-corrected chi connectivity index (χ0v) is 18.7. The minimum absolute atomic E-state index is 0.162. The van der Waals surface area contributed by atoms with Crippen molar-refractivity contribution in [2.24, 2.45) is 0 Å². The number of halogens is 1. The van der Waals surface area contributed by atoms with E-state index in [9.17, 15) is 9.59 Å². The first-order valence-electron chi connectivity index (χ1n) is 10.6. The molecule has 1 saturated carbocycles. The molecule has 1 fully saturated rings. The van der Waals surface area contributed by atoms with Crippen LogP contribution in [0, 0.1) is 0 Å². The summed E-state index contributed by atoms with van der Waals surface area (Å²) in [5.41, 5.74) is 0.773. The molecule has 0 heterocycles. The lowest BCUT2D eigenvalue weighted by Gasteiger charge is -2.30. The van der Waals surface area contributed by atoms with Crippen molar-refractivity contribution in [3.8, 4) is 11.5 Å².